The molecule has 31 heavy (non-hydrogen) atoms. The van der Waals surface area contributed by atoms with Gasteiger partial charge in [-0.05, 0) is 43.3 Å². The lowest BCUT2D eigenvalue weighted by Gasteiger charge is -2.02. The number of carbonyl (C=O) groups excluding carboxylic acids is 1. The van der Waals surface area contributed by atoms with Crippen molar-refractivity contribution < 1.29 is 9.53 Å². The summed E-state index contributed by atoms with van der Waals surface area (Å²) in [5, 5.41) is 10.3. The summed E-state index contributed by atoms with van der Waals surface area (Å²) in [6, 6.07) is 19.0. The molecule has 2 heterocycles. The minimum Gasteiger partial charge on any atom is -0.497 e. The normalized spacial score (nSPS) is 10.8. The van der Waals surface area contributed by atoms with Crippen LogP contribution in [0.15, 0.2) is 70.2 Å². The molecule has 4 rings (SSSR count). The maximum absolute atomic E-state index is 12.3. The third-order valence-electron chi connectivity index (χ3n) is 4.50. The van der Waals surface area contributed by atoms with Crippen molar-refractivity contribution in [3.8, 4) is 26.9 Å². The molecule has 4 aromatic rings. The van der Waals surface area contributed by atoms with Crippen LogP contribution in [0.4, 0.5) is 0 Å². The first kappa shape index (κ1) is 21.7. The number of nitrogens with zero attached hydrogens (tertiary/aromatic N) is 3. The number of thioether (sulfide) groups is 1. The zero-order valence-electron chi connectivity index (χ0n) is 16.8. The van der Waals surface area contributed by atoms with E-state index in [1.165, 1.54) is 11.8 Å². The Bertz CT molecular complexity index is 1210. The molecule has 0 aliphatic rings. The van der Waals surface area contributed by atoms with Gasteiger partial charge in [0.1, 0.15) is 21.5 Å². The zero-order chi connectivity index (χ0) is 21.8. The highest BCUT2D eigenvalue weighted by atomic mass is 79.9. The highest BCUT2D eigenvalue weighted by Gasteiger charge is 2.14. The molecule has 2 aromatic heterocycles. The Morgan fingerprint density at radius 3 is 2.61 bits per heavy atom. The summed E-state index contributed by atoms with van der Waals surface area (Å²) in [6.07, 6.45) is 0. The Labute approximate surface area is 197 Å². The molecule has 2 aromatic carbocycles. The van der Waals surface area contributed by atoms with Crippen LogP contribution in [0.3, 0.4) is 0 Å². The van der Waals surface area contributed by atoms with E-state index < -0.39 is 0 Å². The van der Waals surface area contributed by atoms with Crippen molar-refractivity contribution in [1.82, 2.24) is 15.2 Å². The Kier molecular flexibility index (Phi) is 6.80. The lowest BCUT2D eigenvalue weighted by atomic mass is 10.2. The third-order valence-corrected chi connectivity index (χ3v) is 7.18. The molecule has 0 atom stereocenters. The maximum atomic E-state index is 12.3. The highest BCUT2D eigenvalue weighted by Crippen LogP contribution is 2.35. The Hall–Kier alpha value is -2.55. The van der Waals surface area contributed by atoms with Crippen LogP contribution in [0.25, 0.3) is 21.1 Å². The van der Waals surface area contributed by atoms with E-state index in [4.69, 9.17) is 9.72 Å². The molecular weight excluding hydrogens is 494 g/mol. The minimum atomic E-state index is 0.0598. The van der Waals surface area contributed by atoms with Crippen molar-refractivity contribution in [3.05, 3.63) is 76.4 Å². The molecule has 156 valence electrons. The van der Waals surface area contributed by atoms with Crippen molar-refractivity contribution in [3.63, 3.8) is 0 Å². The van der Waals surface area contributed by atoms with E-state index >= 15 is 0 Å². The molecule has 0 amide bonds. The van der Waals surface area contributed by atoms with Crippen LogP contribution in [0, 0.1) is 6.92 Å². The van der Waals surface area contributed by atoms with E-state index in [9.17, 15) is 4.79 Å². The van der Waals surface area contributed by atoms with Gasteiger partial charge in [0.15, 0.2) is 5.78 Å². The molecular formula is C23H18BrN3O2S2. The lowest BCUT2D eigenvalue weighted by Crippen LogP contribution is -2.02. The van der Waals surface area contributed by atoms with Crippen molar-refractivity contribution in [1.29, 1.82) is 0 Å². The summed E-state index contributed by atoms with van der Waals surface area (Å²) in [6.45, 7) is 1.97. The maximum Gasteiger partial charge on any atom is 0.173 e. The summed E-state index contributed by atoms with van der Waals surface area (Å²) in [5.74, 6) is 1.17. The smallest absolute Gasteiger partial charge is 0.173 e. The number of aromatic nitrogens is 3. The van der Waals surface area contributed by atoms with Gasteiger partial charge in [0.05, 0.1) is 23.4 Å². The molecule has 0 saturated carbocycles. The fraction of sp³-hybridized carbons (Fsp3) is 0.130. The molecule has 0 aliphatic heterocycles. The largest absolute Gasteiger partial charge is 0.497 e. The molecule has 0 saturated heterocycles. The van der Waals surface area contributed by atoms with Gasteiger partial charge in [-0.1, -0.05) is 52.0 Å². The first-order valence-electron chi connectivity index (χ1n) is 9.41. The predicted molar refractivity (Wildman–Crippen MR) is 129 cm³/mol. The van der Waals surface area contributed by atoms with Gasteiger partial charge in [0, 0.05) is 15.6 Å². The predicted octanol–water partition coefficient (Wildman–Crippen LogP) is 6.32. The van der Waals surface area contributed by atoms with Crippen molar-refractivity contribution in [2.45, 2.75) is 11.9 Å². The van der Waals surface area contributed by atoms with Crippen LogP contribution in [0.5, 0.6) is 5.75 Å². The second-order valence-corrected chi connectivity index (χ2v) is 9.55. The summed E-state index contributed by atoms with van der Waals surface area (Å²) in [4.78, 5) is 18.0. The van der Waals surface area contributed by atoms with Gasteiger partial charge in [0.25, 0.3) is 0 Å². The second-order valence-electron chi connectivity index (χ2n) is 6.64. The van der Waals surface area contributed by atoms with Crippen molar-refractivity contribution in [2.24, 2.45) is 0 Å². The monoisotopic (exact) mass is 511 g/mol. The van der Waals surface area contributed by atoms with Crippen LogP contribution < -0.4 is 4.74 Å². The topological polar surface area (TPSA) is 65.0 Å². The van der Waals surface area contributed by atoms with Crippen LogP contribution in [0.2, 0.25) is 0 Å². The van der Waals surface area contributed by atoms with Gasteiger partial charge in [-0.25, -0.2) is 4.98 Å². The summed E-state index contributed by atoms with van der Waals surface area (Å²) in [7, 11) is 1.65. The van der Waals surface area contributed by atoms with Gasteiger partial charge in [0.2, 0.25) is 0 Å². The summed E-state index contributed by atoms with van der Waals surface area (Å²) >= 11 is 6.33. The number of rotatable bonds is 7. The molecule has 0 spiro atoms. The average Bonchev–Trinajstić information content (AvgIpc) is 3.20. The van der Waals surface area contributed by atoms with Gasteiger partial charge in [-0.15, -0.1) is 21.5 Å². The molecule has 0 N–H and O–H groups in total. The standard InChI is InChI=1S/C23H18BrN3O2S2/c1-14-22(31-23(25-14)16-4-3-5-18(12-16)29-2)19-10-11-21(27-26-19)30-13-20(28)15-6-8-17(24)9-7-15/h3-12H,13H2,1-2H3. The van der Waals surface area contributed by atoms with Gasteiger partial charge in [-0.2, -0.15) is 0 Å². The molecule has 5 nitrogen and oxygen atoms in total. The van der Waals surface area contributed by atoms with Crippen molar-refractivity contribution in [2.75, 3.05) is 12.9 Å². The average molecular weight is 512 g/mol. The third kappa shape index (κ3) is 5.20. The number of hydrogen-bond acceptors (Lipinski definition) is 7. The van der Waals surface area contributed by atoms with E-state index in [1.54, 1.807) is 18.4 Å². The van der Waals surface area contributed by atoms with Gasteiger partial charge in [-0.3, -0.25) is 4.79 Å². The Morgan fingerprint density at radius 2 is 1.90 bits per heavy atom. The fourth-order valence-electron chi connectivity index (χ4n) is 2.89. The number of methoxy groups -OCH3 is 1. The number of halogens is 1. The summed E-state index contributed by atoms with van der Waals surface area (Å²) in [5.41, 5.74) is 3.37. The first-order valence-corrected chi connectivity index (χ1v) is 12.0. The van der Waals surface area contributed by atoms with E-state index in [-0.39, 0.29) is 5.78 Å². The molecule has 0 unspecified atom stereocenters. The van der Waals surface area contributed by atoms with E-state index in [2.05, 4.69) is 26.1 Å². The number of thiazole rings is 1. The van der Waals surface area contributed by atoms with Gasteiger partial charge < -0.3 is 4.74 Å². The minimum absolute atomic E-state index is 0.0598. The van der Waals surface area contributed by atoms with E-state index in [0.717, 1.165) is 37.1 Å². The highest BCUT2D eigenvalue weighted by molar-refractivity contribution is 9.10. The molecule has 0 aliphatic carbocycles. The zero-order valence-corrected chi connectivity index (χ0v) is 20.1. The Morgan fingerprint density at radius 1 is 1.10 bits per heavy atom. The number of ether oxygens (including phenoxy) is 1. The molecule has 0 radical (unpaired) electrons. The van der Waals surface area contributed by atoms with Crippen LogP contribution in [0.1, 0.15) is 16.1 Å². The number of carbonyl (C=O) groups is 1. The van der Waals surface area contributed by atoms with E-state index in [0.29, 0.717) is 16.3 Å². The molecule has 8 heteroatoms. The first-order chi connectivity index (χ1) is 15.0. The van der Waals surface area contributed by atoms with Crippen LogP contribution in [-0.4, -0.2) is 33.8 Å². The molecule has 0 bridgehead atoms. The Balaban J connectivity index is 1.46. The quantitative estimate of drug-likeness (QED) is 0.213. The number of ketones is 1. The number of hydrogen-bond donors (Lipinski definition) is 0. The second kappa shape index (κ2) is 9.72. The fourth-order valence-corrected chi connectivity index (χ4v) is 4.89. The number of Topliss-reactive ketones (excluding diaryl/α,β-unsaturated/α-hetero) is 1. The van der Waals surface area contributed by atoms with Crippen LogP contribution in [-0.2, 0) is 0 Å². The van der Waals surface area contributed by atoms with Gasteiger partial charge >= 0.3 is 0 Å². The summed E-state index contributed by atoms with van der Waals surface area (Å²) < 4.78 is 6.26. The van der Waals surface area contributed by atoms with Crippen LogP contribution >= 0.6 is 39.0 Å². The van der Waals surface area contributed by atoms with Crippen molar-refractivity contribution >= 4 is 44.8 Å². The number of benzene rings is 2. The lowest BCUT2D eigenvalue weighted by molar-refractivity contribution is 0.102. The molecule has 0 fully saturated rings. The number of aryl methyl sites for hydroxylation is 1. The SMILES string of the molecule is COc1cccc(-c2nc(C)c(-c3ccc(SCC(=O)c4ccc(Br)cc4)nn3)s2)c1. The van der Waals surface area contributed by atoms with E-state index in [1.807, 2.05) is 67.6 Å².